The third-order valence-electron chi connectivity index (χ3n) is 3.87. The molecule has 0 amide bonds. The highest BCUT2D eigenvalue weighted by Crippen LogP contribution is 2.17. The Labute approximate surface area is 104 Å². The molecule has 0 aliphatic carbocycles. The second kappa shape index (κ2) is 5.01. The Balaban J connectivity index is 2.06. The molecular formula is C15H21NO. The maximum atomic E-state index is 12.2. The average Bonchev–Trinajstić information content (AvgIpc) is 2.68. The molecule has 0 bridgehead atoms. The van der Waals surface area contributed by atoms with Gasteiger partial charge >= 0.3 is 0 Å². The summed E-state index contributed by atoms with van der Waals surface area (Å²) in [6.07, 6.45) is 2.45. The smallest absolute Gasteiger partial charge is 0.176 e. The number of rotatable bonds is 3. The van der Waals surface area contributed by atoms with Crippen LogP contribution in [0.15, 0.2) is 18.2 Å². The largest absolute Gasteiger partial charge is 0.293 e. The first-order chi connectivity index (χ1) is 8.08. The molecule has 0 spiro atoms. The lowest BCUT2D eigenvalue weighted by Gasteiger charge is -2.20. The van der Waals surface area contributed by atoms with Gasteiger partial charge in [0.05, 0.1) is 6.54 Å². The summed E-state index contributed by atoms with van der Waals surface area (Å²) in [5.74, 6) is 0.252. The van der Waals surface area contributed by atoms with Crippen LogP contribution in [0.25, 0.3) is 0 Å². The number of carbonyl (C=O) groups is 1. The van der Waals surface area contributed by atoms with E-state index in [1.54, 1.807) is 0 Å². The number of likely N-dealkylation sites (tertiary alicyclic amines) is 1. The zero-order valence-electron chi connectivity index (χ0n) is 11.0. The number of benzene rings is 1. The van der Waals surface area contributed by atoms with E-state index in [9.17, 15) is 4.79 Å². The van der Waals surface area contributed by atoms with Crippen molar-refractivity contribution in [2.45, 2.75) is 39.7 Å². The van der Waals surface area contributed by atoms with E-state index in [1.807, 2.05) is 18.2 Å². The van der Waals surface area contributed by atoms with Gasteiger partial charge in [-0.15, -0.1) is 0 Å². The molecule has 17 heavy (non-hydrogen) atoms. The van der Waals surface area contributed by atoms with Crippen molar-refractivity contribution in [3.8, 4) is 0 Å². The summed E-state index contributed by atoms with van der Waals surface area (Å²) >= 11 is 0. The Morgan fingerprint density at radius 1 is 1.35 bits per heavy atom. The molecule has 0 saturated carbocycles. The summed E-state index contributed by atoms with van der Waals surface area (Å²) in [4.78, 5) is 14.5. The Hall–Kier alpha value is -1.15. The quantitative estimate of drug-likeness (QED) is 0.745. The summed E-state index contributed by atoms with van der Waals surface area (Å²) < 4.78 is 0. The van der Waals surface area contributed by atoms with E-state index in [0.717, 1.165) is 12.1 Å². The van der Waals surface area contributed by atoms with Gasteiger partial charge in [0.2, 0.25) is 0 Å². The fourth-order valence-corrected chi connectivity index (χ4v) is 2.42. The van der Waals surface area contributed by atoms with Crippen molar-refractivity contribution in [3.63, 3.8) is 0 Å². The topological polar surface area (TPSA) is 20.3 Å². The molecule has 1 saturated heterocycles. The van der Waals surface area contributed by atoms with Crippen LogP contribution in [0.1, 0.15) is 41.3 Å². The third-order valence-corrected chi connectivity index (χ3v) is 3.87. The number of hydrogen-bond acceptors (Lipinski definition) is 2. The number of aryl methyl sites for hydroxylation is 2. The molecule has 1 heterocycles. The van der Waals surface area contributed by atoms with Gasteiger partial charge in [-0.1, -0.05) is 12.1 Å². The van der Waals surface area contributed by atoms with Crippen molar-refractivity contribution in [3.05, 3.63) is 34.9 Å². The number of hydrogen-bond donors (Lipinski definition) is 0. The van der Waals surface area contributed by atoms with Gasteiger partial charge in [-0.2, -0.15) is 0 Å². The molecule has 1 atom stereocenters. The zero-order valence-corrected chi connectivity index (χ0v) is 11.0. The van der Waals surface area contributed by atoms with Crippen molar-refractivity contribution in [2.75, 3.05) is 13.1 Å². The van der Waals surface area contributed by atoms with Crippen LogP contribution in [-0.2, 0) is 0 Å². The lowest BCUT2D eigenvalue weighted by atomic mass is 10.0. The van der Waals surface area contributed by atoms with Gasteiger partial charge in [0.1, 0.15) is 0 Å². The predicted octanol–water partition coefficient (Wildman–Crippen LogP) is 2.97. The second-order valence-electron chi connectivity index (χ2n) is 5.18. The van der Waals surface area contributed by atoms with Gasteiger partial charge in [0.25, 0.3) is 0 Å². The van der Waals surface area contributed by atoms with E-state index >= 15 is 0 Å². The molecule has 92 valence electrons. The van der Waals surface area contributed by atoms with Crippen LogP contribution in [0.5, 0.6) is 0 Å². The van der Waals surface area contributed by atoms with Crippen molar-refractivity contribution >= 4 is 5.78 Å². The van der Waals surface area contributed by atoms with E-state index in [1.165, 1.54) is 24.0 Å². The molecule has 1 aromatic carbocycles. The number of Topliss-reactive ketones (excluding diaryl/α,β-unsaturated/α-hetero) is 1. The molecule has 0 aromatic heterocycles. The Kier molecular flexibility index (Phi) is 3.63. The molecule has 2 rings (SSSR count). The van der Waals surface area contributed by atoms with Gasteiger partial charge in [0, 0.05) is 11.6 Å². The van der Waals surface area contributed by atoms with Crippen LogP contribution in [-0.4, -0.2) is 29.8 Å². The first-order valence-electron chi connectivity index (χ1n) is 6.42. The summed E-state index contributed by atoms with van der Waals surface area (Å²) in [5, 5.41) is 0. The minimum atomic E-state index is 0.252. The molecule has 0 radical (unpaired) electrons. The van der Waals surface area contributed by atoms with Gasteiger partial charge in [-0.05, 0) is 57.4 Å². The van der Waals surface area contributed by atoms with Gasteiger partial charge in [0.15, 0.2) is 5.78 Å². The number of carbonyl (C=O) groups excluding carboxylic acids is 1. The van der Waals surface area contributed by atoms with E-state index < -0.39 is 0 Å². The van der Waals surface area contributed by atoms with Crippen molar-refractivity contribution < 1.29 is 4.79 Å². The fourth-order valence-electron chi connectivity index (χ4n) is 2.42. The van der Waals surface area contributed by atoms with Crippen molar-refractivity contribution in [1.29, 1.82) is 0 Å². The molecular weight excluding hydrogens is 210 g/mol. The van der Waals surface area contributed by atoms with Crippen LogP contribution in [0, 0.1) is 13.8 Å². The first-order valence-corrected chi connectivity index (χ1v) is 6.42. The predicted molar refractivity (Wildman–Crippen MR) is 70.5 cm³/mol. The van der Waals surface area contributed by atoms with Crippen LogP contribution in [0.4, 0.5) is 0 Å². The average molecular weight is 231 g/mol. The molecule has 1 aliphatic rings. The van der Waals surface area contributed by atoms with Crippen molar-refractivity contribution in [1.82, 2.24) is 4.90 Å². The molecule has 1 unspecified atom stereocenters. The molecule has 1 fully saturated rings. The number of ketones is 1. The van der Waals surface area contributed by atoms with Gasteiger partial charge in [-0.3, -0.25) is 9.69 Å². The van der Waals surface area contributed by atoms with E-state index in [-0.39, 0.29) is 5.78 Å². The van der Waals surface area contributed by atoms with Crippen LogP contribution >= 0.6 is 0 Å². The highest BCUT2D eigenvalue weighted by Gasteiger charge is 2.22. The molecule has 0 N–H and O–H groups in total. The Bertz CT molecular complexity index is 425. The highest BCUT2D eigenvalue weighted by molar-refractivity contribution is 5.97. The molecule has 1 aliphatic heterocycles. The van der Waals surface area contributed by atoms with Gasteiger partial charge < -0.3 is 0 Å². The number of nitrogens with zero attached hydrogens (tertiary/aromatic N) is 1. The standard InChI is InChI=1S/C15H21NO/c1-11-6-7-14(9-12(11)2)15(17)10-16-8-4-5-13(16)3/h6-7,9,13H,4-5,8,10H2,1-3H3. The van der Waals surface area contributed by atoms with E-state index in [2.05, 4.69) is 25.7 Å². The summed E-state index contributed by atoms with van der Waals surface area (Å²) in [6, 6.07) is 6.56. The minimum Gasteiger partial charge on any atom is -0.293 e. The Morgan fingerprint density at radius 2 is 2.12 bits per heavy atom. The third kappa shape index (κ3) is 2.75. The zero-order chi connectivity index (χ0) is 12.4. The first kappa shape index (κ1) is 12.3. The maximum Gasteiger partial charge on any atom is 0.176 e. The van der Waals surface area contributed by atoms with Gasteiger partial charge in [-0.25, -0.2) is 0 Å². The van der Waals surface area contributed by atoms with Crippen molar-refractivity contribution in [2.24, 2.45) is 0 Å². The Morgan fingerprint density at radius 3 is 2.71 bits per heavy atom. The SMILES string of the molecule is Cc1ccc(C(=O)CN2CCCC2C)cc1C. The summed E-state index contributed by atoms with van der Waals surface area (Å²) in [5.41, 5.74) is 3.30. The minimum absolute atomic E-state index is 0.252. The highest BCUT2D eigenvalue weighted by atomic mass is 16.1. The monoisotopic (exact) mass is 231 g/mol. The maximum absolute atomic E-state index is 12.2. The van der Waals surface area contributed by atoms with Crippen LogP contribution < -0.4 is 0 Å². The van der Waals surface area contributed by atoms with E-state index in [0.29, 0.717) is 12.6 Å². The normalized spacial score (nSPS) is 20.8. The summed E-state index contributed by atoms with van der Waals surface area (Å²) in [6.45, 7) is 7.98. The second-order valence-corrected chi connectivity index (χ2v) is 5.18. The van der Waals surface area contributed by atoms with E-state index in [4.69, 9.17) is 0 Å². The molecule has 2 nitrogen and oxygen atoms in total. The van der Waals surface area contributed by atoms with Crippen LogP contribution in [0.3, 0.4) is 0 Å². The molecule has 1 aromatic rings. The fraction of sp³-hybridized carbons (Fsp3) is 0.533. The summed E-state index contributed by atoms with van der Waals surface area (Å²) in [7, 11) is 0. The van der Waals surface area contributed by atoms with Crippen LogP contribution in [0.2, 0.25) is 0 Å². The lowest BCUT2D eigenvalue weighted by Crippen LogP contribution is -2.32. The molecule has 2 heteroatoms. The lowest BCUT2D eigenvalue weighted by molar-refractivity contribution is 0.0926.